The molecular weight excluding hydrogens is 288 g/mol. The van der Waals surface area contributed by atoms with Gasteiger partial charge in [-0.2, -0.15) is 17.6 Å². The molecule has 2 aromatic heterocycles. The van der Waals surface area contributed by atoms with Gasteiger partial charge >= 0.3 is 0 Å². The number of pyridine rings is 1. The smallest absolute Gasteiger partial charge is 0.282 e. The summed E-state index contributed by atoms with van der Waals surface area (Å²) in [5.74, 6) is 0. The summed E-state index contributed by atoms with van der Waals surface area (Å²) in [6.07, 6.45) is 3.26. The quantitative estimate of drug-likeness (QED) is 0.771. The Morgan fingerprint density at radius 2 is 2.10 bits per heavy atom. The van der Waals surface area contributed by atoms with Crippen molar-refractivity contribution in [2.75, 3.05) is 0 Å². The molecule has 1 N–H and O–H groups in total. The molecule has 3 aromatic rings. The van der Waals surface area contributed by atoms with E-state index in [-0.39, 0.29) is 4.90 Å². The van der Waals surface area contributed by atoms with Gasteiger partial charge in [-0.05, 0) is 24.3 Å². The average Bonchev–Trinajstić information content (AvgIpc) is 3.08. The summed E-state index contributed by atoms with van der Waals surface area (Å²) >= 11 is 0. The van der Waals surface area contributed by atoms with E-state index in [1.165, 1.54) is 0 Å². The molecular formula is C14H12N4O2S. The fourth-order valence-electron chi connectivity index (χ4n) is 2.48. The van der Waals surface area contributed by atoms with Gasteiger partial charge in [-0.3, -0.25) is 4.98 Å². The van der Waals surface area contributed by atoms with Gasteiger partial charge in [0, 0.05) is 36.4 Å². The molecule has 1 aliphatic heterocycles. The predicted molar refractivity (Wildman–Crippen MR) is 77.1 cm³/mol. The van der Waals surface area contributed by atoms with Crippen molar-refractivity contribution in [3.05, 3.63) is 54.0 Å². The fraction of sp³-hybridized carbons (Fsp3) is 0.143. The standard InChI is InChI=1S/C14H12N4O2S/c19-21(20,18-9-11-7-15-8-14(11)17-18)12-3-4-13-10(6-12)2-1-5-16-13/h1-6,9,15H,7-8H2. The highest BCUT2D eigenvalue weighted by Gasteiger charge is 2.23. The third kappa shape index (κ3) is 1.93. The van der Waals surface area contributed by atoms with Crippen molar-refractivity contribution in [2.45, 2.75) is 18.0 Å². The summed E-state index contributed by atoms with van der Waals surface area (Å²) in [7, 11) is -3.66. The summed E-state index contributed by atoms with van der Waals surface area (Å²) < 4.78 is 26.4. The number of rotatable bonds is 2. The number of nitrogens with one attached hydrogen (secondary N) is 1. The van der Waals surface area contributed by atoms with E-state index in [0.29, 0.717) is 13.1 Å². The van der Waals surface area contributed by atoms with Crippen molar-refractivity contribution in [2.24, 2.45) is 0 Å². The highest BCUT2D eigenvalue weighted by molar-refractivity contribution is 7.89. The zero-order chi connectivity index (χ0) is 14.4. The molecule has 21 heavy (non-hydrogen) atoms. The van der Waals surface area contributed by atoms with E-state index in [1.54, 1.807) is 36.7 Å². The molecule has 1 aromatic carbocycles. The summed E-state index contributed by atoms with van der Waals surface area (Å²) in [5, 5.41) is 8.09. The Kier molecular flexibility index (Phi) is 2.60. The minimum Gasteiger partial charge on any atom is -0.307 e. The van der Waals surface area contributed by atoms with Crippen molar-refractivity contribution in [1.29, 1.82) is 0 Å². The molecule has 0 saturated carbocycles. The van der Waals surface area contributed by atoms with Crippen LogP contribution < -0.4 is 5.32 Å². The molecule has 7 heteroatoms. The molecule has 0 saturated heterocycles. The Bertz CT molecular complexity index is 925. The molecule has 1 aliphatic rings. The first-order valence-electron chi connectivity index (χ1n) is 6.53. The Labute approximate surface area is 121 Å². The molecule has 0 atom stereocenters. The first-order valence-corrected chi connectivity index (χ1v) is 7.97. The average molecular weight is 300 g/mol. The van der Waals surface area contributed by atoms with Gasteiger partial charge in [-0.25, -0.2) is 0 Å². The van der Waals surface area contributed by atoms with Crippen LogP contribution in [-0.2, 0) is 23.1 Å². The van der Waals surface area contributed by atoms with Crippen LogP contribution in [0.15, 0.2) is 47.6 Å². The minimum atomic E-state index is -3.66. The number of hydrogen-bond donors (Lipinski definition) is 1. The Morgan fingerprint density at radius 3 is 2.95 bits per heavy atom. The highest BCUT2D eigenvalue weighted by Crippen LogP contribution is 2.21. The van der Waals surface area contributed by atoms with Gasteiger partial charge < -0.3 is 5.32 Å². The van der Waals surface area contributed by atoms with Crippen LogP contribution in [0.2, 0.25) is 0 Å². The topological polar surface area (TPSA) is 76.9 Å². The zero-order valence-electron chi connectivity index (χ0n) is 11.0. The maximum Gasteiger partial charge on any atom is 0.282 e. The number of hydrogen-bond acceptors (Lipinski definition) is 5. The number of nitrogens with zero attached hydrogens (tertiary/aromatic N) is 3. The monoisotopic (exact) mass is 300 g/mol. The van der Waals surface area contributed by atoms with Gasteiger partial charge in [0.15, 0.2) is 0 Å². The lowest BCUT2D eigenvalue weighted by molar-refractivity contribution is 0.578. The van der Waals surface area contributed by atoms with E-state index >= 15 is 0 Å². The highest BCUT2D eigenvalue weighted by atomic mass is 32.2. The van der Waals surface area contributed by atoms with Crippen LogP contribution in [0.1, 0.15) is 11.3 Å². The van der Waals surface area contributed by atoms with E-state index in [0.717, 1.165) is 26.2 Å². The molecule has 0 amide bonds. The summed E-state index contributed by atoms with van der Waals surface area (Å²) in [6, 6.07) is 8.53. The summed E-state index contributed by atoms with van der Waals surface area (Å²) in [6.45, 7) is 1.27. The first kappa shape index (κ1) is 12.5. The van der Waals surface area contributed by atoms with Gasteiger partial charge in [-0.1, -0.05) is 6.07 Å². The lowest BCUT2D eigenvalue weighted by atomic mass is 10.2. The van der Waals surface area contributed by atoms with E-state index < -0.39 is 10.0 Å². The third-order valence-corrected chi connectivity index (χ3v) is 5.11. The summed E-state index contributed by atoms with van der Waals surface area (Å²) in [4.78, 5) is 4.41. The van der Waals surface area contributed by atoms with E-state index in [1.807, 2.05) is 6.07 Å². The fourth-order valence-corrected chi connectivity index (χ4v) is 3.68. The van der Waals surface area contributed by atoms with Crippen LogP contribution in [0.25, 0.3) is 10.9 Å². The molecule has 0 unspecified atom stereocenters. The Hall–Kier alpha value is -2.25. The molecule has 106 valence electrons. The van der Waals surface area contributed by atoms with Crippen molar-refractivity contribution < 1.29 is 8.42 Å². The van der Waals surface area contributed by atoms with Crippen molar-refractivity contribution in [1.82, 2.24) is 19.5 Å². The third-order valence-electron chi connectivity index (χ3n) is 3.58. The molecule has 0 aliphatic carbocycles. The molecule has 0 bridgehead atoms. The second-order valence-corrected chi connectivity index (χ2v) is 6.74. The zero-order valence-corrected chi connectivity index (χ0v) is 11.8. The van der Waals surface area contributed by atoms with Gasteiger partial charge in [0.25, 0.3) is 10.0 Å². The van der Waals surface area contributed by atoms with Gasteiger partial charge in [0.1, 0.15) is 0 Å². The van der Waals surface area contributed by atoms with Crippen molar-refractivity contribution in [3.63, 3.8) is 0 Å². The lowest BCUT2D eigenvalue weighted by Crippen LogP contribution is -2.15. The number of benzene rings is 1. The largest absolute Gasteiger partial charge is 0.307 e. The van der Waals surface area contributed by atoms with E-state index in [2.05, 4.69) is 15.4 Å². The second-order valence-electron chi connectivity index (χ2n) is 4.94. The molecule has 3 heterocycles. The van der Waals surface area contributed by atoms with Gasteiger partial charge in [-0.15, -0.1) is 0 Å². The van der Waals surface area contributed by atoms with Crippen LogP contribution in [0.4, 0.5) is 0 Å². The van der Waals surface area contributed by atoms with Crippen molar-refractivity contribution in [3.8, 4) is 0 Å². The molecule has 0 fully saturated rings. The minimum absolute atomic E-state index is 0.220. The van der Waals surface area contributed by atoms with Gasteiger partial charge in [0.05, 0.1) is 16.1 Å². The lowest BCUT2D eigenvalue weighted by Gasteiger charge is -2.06. The maximum absolute atomic E-state index is 12.6. The molecule has 0 spiro atoms. The first-order chi connectivity index (χ1) is 10.1. The number of fused-ring (bicyclic) bond motifs is 2. The van der Waals surface area contributed by atoms with Crippen LogP contribution in [0.3, 0.4) is 0 Å². The SMILES string of the molecule is O=S(=O)(c1ccc2ncccc2c1)n1cc2c(n1)CNC2. The maximum atomic E-state index is 12.6. The Balaban J connectivity index is 1.85. The number of aromatic nitrogens is 3. The second kappa shape index (κ2) is 4.37. The normalized spacial score (nSPS) is 14.5. The predicted octanol–water partition coefficient (Wildman–Crippen LogP) is 1.27. The van der Waals surface area contributed by atoms with E-state index in [4.69, 9.17) is 0 Å². The summed E-state index contributed by atoms with van der Waals surface area (Å²) in [5.41, 5.74) is 2.49. The van der Waals surface area contributed by atoms with Crippen LogP contribution in [0.5, 0.6) is 0 Å². The van der Waals surface area contributed by atoms with E-state index in [9.17, 15) is 8.42 Å². The molecule has 4 rings (SSSR count). The van der Waals surface area contributed by atoms with Crippen LogP contribution >= 0.6 is 0 Å². The van der Waals surface area contributed by atoms with Crippen LogP contribution in [-0.4, -0.2) is 22.6 Å². The Morgan fingerprint density at radius 1 is 1.19 bits per heavy atom. The molecule has 6 nitrogen and oxygen atoms in total. The van der Waals surface area contributed by atoms with Crippen molar-refractivity contribution >= 4 is 20.9 Å². The van der Waals surface area contributed by atoms with Crippen LogP contribution in [0, 0.1) is 0 Å². The molecule has 0 radical (unpaired) electrons. The van der Waals surface area contributed by atoms with Gasteiger partial charge in [0.2, 0.25) is 0 Å².